The third-order valence-corrected chi connectivity index (χ3v) is 3.05. The van der Waals surface area contributed by atoms with Gasteiger partial charge in [-0.15, -0.1) is 0 Å². The number of rotatable bonds is 3. The van der Waals surface area contributed by atoms with E-state index in [1.54, 1.807) is 24.3 Å². The molecular formula is C13H8Cl2FO. The number of benzene rings is 2. The highest BCUT2D eigenvalue weighted by atomic mass is 35.5. The topological polar surface area (TPSA) is 9.23 Å². The number of halogens is 3. The lowest BCUT2D eigenvalue weighted by atomic mass is 10.2. The van der Waals surface area contributed by atoms with Crippen LogP contribution in [0.5, 0.6) is 5.75 Å². The van der Waals surface area contributed by atoms with Crippen molar-refractivity contribution < 1.29 is 9.13 Å². The molecule has 0 aliphatic rings. The standard InChI is InChI=1S/C13H8Cl2FO/c14-10-5-3-4-9(13(10)15)8-17-12-7-2-1-6-11(12)16/h2-7H,8H2. The van der Waals surface area contributed by atoms with Gasteiger partial charge >= 0.3 is 0 Å². The van der Waals surface area contributed by atoms with Gasteiger partial charge in [0.05, 0.1) is 10.0 Å². The SMILES string of the molecule is Fc1c[c]ccc1OCc1cccc(Cl)c1Cl. The summed E-state index contributed by atoms with van der Waals surface area (Å²) in [5, 5.41) is 0.881. The molecular weight excluding hydrogens is 262 g/mol. The van der Waals surface area contributed by atoms with E-state index in [9.17, 15) is 4.39 Å². The van der Waals surface area contributed by atoms with Gasteiger partial charge in [0.1, 0.15) is 6.61 Å². The van der Waals surface area contributed by atoms with Crippen LogP contribution >= 0.6 is 23.2 Å². The van der Waals surface area contributed by atoms with Crippen LogP contribution in [0.1, 0.15) is 5.56 Å². The quantitative estimate of drug-likeness (QED) is 0.797. The van der Waals surface area contributed by atoms with Crippen LogP contribution in [0.15, 0.2) is 36.4 Å². The number of ether oxygens (including phenoxy) is 1. The maximum Gasteiger partial charge on any atom is 0.165 e. The zero-order valence-corrected chi connectivity index (χ0v) is 10.2. The van der Waals surface area contributed by atoms with Gasteiger partial charge in [0.25, 0.3) is 0 Å². The smallest absolute Gasteiger partial charge is 0.165 e. The molecule has 0 amide bonds. The molecule has 0 aromatic heterocycles. The summed E-state index contributed by atoms with van der Waals surface area (Å²) >= 11 is 11.8. The summed E-state index contributed by atoms with van der Waals surface area (Å²) < 4.78 is 18.6. The van der Waals surface area contributed by atoms with E-state index >= 15 is 0 Å². The van der Waals surface area contributed by atoms with Gasteiger partial charge in [0, 0.05) is 5.56 Å². The Kier molecular flexibility index (Phi) is 3.87. The van der Waals surface area contributed by atoms with E-state index < -0.39 is 5.82 Å². The van der Waals surface area contributed by atoms with Crippen LogP contribution in [-0.2, 0) is 6.61 Å². The van der Waals surface area contributed by atoms with Crippen molar-refractivity contribution in [3.05, 3.63) is 63.9 Å². The Morgan fingerprint density at radius 1 is 1.24 bits per heavy atom. The average molecular weight is 270 g/mol. The average Bonchev–Trinajstić information content (AvgIpc) is 2.33. The second kappa shape index (κ2) is 5.39. The van der Waals surface area contributed by atoms with Crippen LogP contribution in [0.3, 0.4) is 0 Å². The minimum atomic E-state index is -0.453. The molecule has 0 fully saturated rings. The molecule has 17 heavy (non-hydrogen) atoms. The van der Waals surface area contributed by atoms with Gasteiger partial charge in [-0.25, -0.2) is 4.39 Å². The number of hydrogen-bond acceptors (Lipinski definition) is 1. The Labute approximate surface area is 109 Å². The van der Waals surface area contributed by atoms with Crippen molar-refractivity contribution >= 4 is 23.2 Å². The molecule has 0 N–H and O–H groups in total. The van der Waals surface area contributed by atoms with Crippen LogP contribution in [0.25, 0.3) is 0 Å². The predicted molar refractivity (Wildman–Crippen MR) is 66.0 cm³/mol. The van der Waals surface area contributed by atoms with Gasteiger partial charge in [-0.2, -0.15) is 0 Å². The summed E-state index contributed by atoms with van der Waals surface area (Å²) in [5.74, 6) is -0.287. The van der Waals surface area contributed by atoms with Crippen molar-refractivity contribution in [3.8, 4) is 5.75 Å². The highest BCUT2D eigenvalue weighted by Crippen LogP contribution is 2.27. The Hall–Kier alpha value is -1.25. The van der Waals surface area contributed by atoms with Gasteiger partial charge in [-0.3, -0.25) is 0 Å². The molecule has 0 saturated heterocycles. The van der Waals surface area contributed by atoms with Crippen molar-refractivity contribution in [2.24, 2.45) is 0 Å². The first-order valence-corrected chi connectivity index (χ1v) is 5.65. The van der Waals surface area contributed by atoms with Crippen LogP contribution in [0.4, 0.5) is 4.39 Å². The molecule has 0 atom stereocenters. The van der Waals surface area contributed by atoms with E-state index in [1.165, 1.54) is 12.1 Å². The molecule has 2 rings (SSSR count). The van der Waals surface area contributed by atoms with Gasteiger partial charge in [-0.05, 0) is 24.3 Å². The molecule has 4 heteroatoms. The van der Waals surface area contributed by atoms with E-state index in [-0.39, 0.29) is 12.4 Å². The van der Waals surface area contributed by atoms with Gasteiger partial charge in [-0.1, -0.05) is 41.4 Å². The molecule has 2 aromatic carbocycles. The summed E-state index contributed by atoms with van der Waals surface area (Å²) in [7, 11) is 0. The third-order valence-electron chi connectivity index (χ3n) is 2.19. The first-order valence-electron chi connectivity index (χ1n) is 4.90. The van der Waals surface area contributed by atoms with Crippen LogP contribution in [-0.4, -0.2) is 0 Å². The van der Waals surface area contributed by atoms with Crippen molar-refractivity contribution in [2.45, 2.75) is 6.61 Å². The Bertz CT molecular complexity index is 529. The Morgan fingerprint density at radius 2 is 2.06 bits per heavy atom. The largest absolute Gasteiger partial charge is 0.486 e. The Morgan fingerprint density at radius 3 is 2.82 bits per heavy atom. The highest BCUT2D eigenvalue weighted by Gasteiger charge is 2.06. The summed E-state index contributed by atoms with van der Waals surface area (Å²) in [6.07, 6.45) is 0. The van der Waals surface area contributed by atoms with Crippen molar-refractivity contribution in [3.63, 3.8) is 0 Å². The zero-order valence-electron chi connectivity index (χ0n) is 8.71. The molecule has 0 aliphatic heterocycles. The first kappa shape index (κ1) is 12.2. The van der Waals surface area contributed by atoms with E-state index in [2.05, 4.69) is 6.07 Å². The van der Waals surface area contributed by atoms with E-state index in [4.69, 9.17) is 27.9 Å². The second-order valence-corrected chi connectivity index (χ2v) is 4.14. The monoisotopic (exact) mass is 269 g/mol. The maximum atomic E-state index is 13.3. The van der Waals surface area contributed by atoms with E-state index in [0.717, 1.165) is 0 Å². The fourth-order valence-electron chi connectivity index (χ4n) is 1.33. The van der Waals surface area contributed by atoms with Gasteiger partial charge in [0.2, 0.25) is 0 Å². The van der Waals surface area contributed by atoms with Crippen LogP contribution < -0.4 is 4.74 Å². The molecule has 0 unspecified atom stereocenters. The summed E-state index contributed by atoms with van der Waals surface area (Å²) in [5.41, 5.74) is 0.714. The summed E-state index contributed by atoms with van der Waals surface area (Å²) in [6.45, 7) is 0.167. The molecule has 1 radical (unpaired) electrons. The van der Waals surface area contributed by atoms with Crippen molar-refractivity contribution in [2.75, 3.05) is 0 Å². The molecule has 0 bridgehead atoms. The van der Waals surface area contributed by atoms with Crippen molar-refractivity contribution in [1.29, 1.82) is 0 Å². The normalized spacial score (nSPS) is 10.3. The molecule has 0 heterocycles. The lowest BCUT2D eigenvalue weighted by molar-refractivity contribution is 0.290. The van der Waals surface area contributed by atoms with Crippen LogP contribution in [0.2, 0.25) is 10.0 Å². The minimum absolute atomic E-state index is 0.166. The highest BCUT2D eigenvalue weighted by molar-refractivity contribution is 6.42. The fraction of sp³-hybridized carbons (Fsp3) is 0.0769. The van der Waals surface area contributed by atoms with E-state index in [1.807, 2.05) is 0 Å². The molecule has 0 aliphatic carbocycles. The zero-order chi connectivity index (χ0) is 12.3. The minimum Gasteiger partial charge on any atom is -0.486 e. The molecule has 0 spiro atoms. The van der Waals surface area contributed by atoms with Crippen molar-refractivity contribution in [1.82, 2.24) is 0 Å². The lowest BCUT2D eigenvalue weighted by Gasteiger charge is -2.08. The van der Waals surface area contributed by atoms with E-state index in [0.29, 0.717) is 15.6 Å². The number of hydrogen-bond donors (Lipinski definition) is 0. The molecule has 2 aromatic rings. The first-order chi connectivity index (χ1) is 8.18. The summed E-state index contributed by atoms with van der Waals surface area (Å²) in [6, 6.07) is 12.2. The van der Waals surface area contributed by atoms with Gasteiger partial charge in [0.15, 0.2) is 11.6 Å². The molecule has 1 nitrogen and oxygen atoms in total. The molecule has 0 saturated carbocycles. The lowest BCUT2D eigenvalue weighted by Crippen LogP contribution is -1.98. The third kappa shape index (κ3) is 2.90. The summed E-state index contributed by atoms with van der Waals surface area (Å²) in [4.78, 5) is 0. The molecule has 87 valence electrons. The fourth-order valence-corrected chi connectivity index (χ4v) is 1.70. The van der Waals surface area contributed by atoms with Crippen LogP contribution in [0, 0.1) is 11.9 Å². The van der Waals surface area contributed by atoms with Gasteiger partial charge < -0.3 is 4.74 Å². The predicted octanol–water partition coefficient (Wildman–Crippen LogP) is 4.51. The Balaban J connectivity index is 2.13. The second-order valence-electron chi connectivity index (χ2n) is 3.36. The maximum absolute atomic E-state index is 13.3.